The van der Waals surface area contributed by atoms with Crippen LogP contribution in [0.1, 0.15) is 23.2 Å². The molecule has 1 aliphatic carbocycles. The Morgan fingerprint density at radius 2 is 2.30 bits per heavy atom. The van der Waals surface area contributed by atoms with E-state index in [0.29, 0.717) is 12.5 Å². The summed E-state index contributed by atoms with van der Waals surface area (Å²) >= 11 is 0. The third kappa shape index (κ3) is 3.24. The number of amides is 1. The van der Waals surface area contributed by atoms with Crippen molar-refractivity contribution in [2.75, 3.05) is 19.5 Å². The molecule has 0 aromatic heterocycles. The molecule has 0 heterocycles. The van der Waals surface area contributed by atoms with Gasteiger partial charge in [0, 0.05) is 24.9 Å². The van der Waals surface area contributed by atoms with E-state index in [2.05, 4.69) is 5.32 Å². The van der Waals surface area contributed by atoms with Gasteiger partial charge < -0.3 is 15.8 Å². The minimum Gasteiger partial charge on any atom is -0.398 e. The molecule has 1 atom stereocenters. The van der Waals surface area contributed by atoms with Gasteiger partial charge in [0.05, 0.1) is 23.1 Å². The number of nitrogens with two attached hydrogens (primary N) is 1. The lowest BCUT2D eigenvalue weighted by atomic mass is 10.1. The summed E-state index contributed by atoms with van der Waals surface area (Å²) in [6, 6.07) is 3.77. The molecule has 1 aromatic rings. The molecule has 1 aliphatic rings. The molecule has 7 heteroatoms. The van der Waals surface area contributed by atoms with Crippen molar-refractivity contribution in [1.82, 2.24) is 5.32 Å². The van der Waals surface area contributed by atoms with Crippen molar-refractivity contribution in [3.63, 3.8) is 0 Å². The molecule has 0 spiro atoms. The Labute approximate surface area is 116 Å². The van der Waals surface area contributed by atoms with E-state index in [9.17, 15) is 14.9 Å². The predicted molar refractivity (Wildman–Crippen MR) is 73.4 cm³/mol. The second-order valence-electron chi connectivity index (χ2n) is 4.90. The number of hydrogen-bond acceptors (Lipinski definition) is 5. The number of anilines is 1. The number of benzene rings is 1. The Balaban J connectivity index is 2.15. The van der Waals surface area contributed by atoms with Gasteiger partial charge in [-0.3, -0.25) is 14.9 Å². The Morgan fingerprint density at radius 1 is 1.60 bits per heavy atom. The van der Waals surface area contributed by atoms with Crippen molar-refractivity contribution in [2.45, 2.75) is 18.9 Å². The van der Waals surface area contributed by atoms with E-state index in [0.717, 1.165) is 12.8 Å². The molecule has 1 unspecified atom stereocenters. The molecule has 0 aliphatic heterocycles. The topological polar surface area (TPSA) is 107 Å². The van der Waals surface area contributed by atoms with Crippen LogP contribution in [0.3, 0.4) is 0 Å². The quantitative estimate of drug-likeness (QED) is 0.464. The summed E-state index contributed by atoms with van der Waals surface area (Å²) in [5, 5.41) is 13.6. The number of nitrogens with zero attached hydrogens (tertiary/aromatic N) is 1. The zero-order valence-electron chi connectivity index (χ0n) is 11.2. The standard InChI is InChI=1S/C13H17N3O4/c1-20-7-12(8-2-3-8)15-13(17)10-6-9(16(18)19)4-5-11(10)14/h4-6,8,12H,2-3,7,14H2,1H3,(H,15,17). The Kier molecular flexibility index (Phi) is 4.19. The van der Waals surface area contributed by atoms with Crippen molar-refractivity contribution in [2.24, 2.45) is 5.92 Å². The van der Waals surface area contributed by atoms with Crippen molar-refractivity contribution >= 4 is 17.3 Å². The summed E-state index contributed by atoms with van der Waals surface area (Å²) < 4.78 is 5.08. The molecule has 0 radical (unpaired) electrons. The molecule has 1 aromatic carbocycles. The first-order chi connectivity index (χ1) is 9.52. The number of nitrogens with one attached hydrogen (secondary N) is 1. The van der Waals surface area contributed by atoms with E-state index in [4.69, 9.17) is 10.5 Å². The fourth-order valence-electron chi connectivity index (χ4n) is 2.07. The molecule has 0 saturated heterocycles. The van der Waals surface area contributed by atoms with Crippen LogP contribution in [0.2, 0.25) is 0 Å². The van der Waals surface area contributed by atoms with E-state index in [1.165, 1.54) is 18.2 Å². The smallest absolute Gasteiger partial charge is 0.270 e. The number of carbonyl (C=O) groups excluding carboxylic acids is 1. The third-order valence-corrected chi connectivity index (χ3v) is 3.35. The Morgan fingerprint density at radius 3 is 2.85 bits per heavy atom. The Hall–Kier alpha value is -2.15. The average Bonchev–Trinajstić information content (AvgIpc) is 3.22. The summed E-state index contributed by atoms with van der Waals surface area (Å²) in [4.78, 5) is 22.4. The number of nitro groups is 1. The average molecular weight is 279 g/mol. The second-order valence-corrected chi connectivity index (χ2v) is 4.90. The number of methoxy groups -OCH3 is 1. The largest absolute Gasteiger partial charge is 0.398 e. The van der Waals surface area contributed by atoms with Crippen LogP contribution in [-0.2, 0) is 4.74 Å². The maximum atomic E-state index is 12.2. The summed E-state index contributed by atoms with van der Waals surface area (Å²) in [6.45, 7) is 0.422. The third-order valence-electron chi connectivity index (χ3n) is 3.35. The maximum Gasteiger partial charge on any atom is 0.270 e. The zero-order chi connectivity index (χ0) is 14.7. The van der Waals surface area contributed by atoms with Gasteiger partial charge in [-0.1, -0.05) is 0 Å². The van der Waals surface area contributed by atoms with Crippen molar-refractivity contribution in [3.05, 3.63) is 33.9 Å². The number of rotatable bonds is 6. The lowest BCUT2D eigenvalue weighted by Crippen LogP contribution is -2.39. The lowest BCUT2D eigenvalue weighted by Gasteiger charge is -2.17. The monoisotopic (exact) mass is 279 g/mol. The van der Waals surface area contributed by atoms with E-state index < -0.39 is 10.8 Å². The molecular weight excluding hydrogens is 262 g/mol. The predicted octanol–water partition coefficient (Wildman–Crippen LogP) is 1.33. The fourth-order valence-corrected chi connectivity index (χ4v) is 2.07. The number of nitrogen functional groups attached to an aromatic ring is 1. The van der Waals surface area contributed by atoms with Gasteiger partial charge >= 0.3 is 0 Å². The SMILES string of the molecule is COCC(NC(=O)c1cc([N+](=O)[O-])ccc1N)C1CC1. The van der Waals surface area contributed by atoms with Gasteiger partial charge in [-0.05, 0) is 24.8 Å². The van der Waals surface area contributed by atoms with Crippen LogP contribution >= 0.6 is 0 Å². The molecule has 7 nitrogen and oxygen atoms in total. The Bertz CT molecular complexity index is 528. The van der Waals surface area contributed by atoms with Crippen LogP contribution < -0.4 is 11.1 Å². The molecule has 0 bridgehead atoms. The van der Waals surface area contributed by atoms with Crippen LogP contribution in [0.4, 0.5) is 11.4 Å². The van der Waals surface area contributed by atoms with Crippen LogP contribution in [0.5, 0.6) is 0 Å². The van der Waals surface area contributed by atoms with Crippen LogP contribution in [0.15, 0.2) is 18.2 Å². The van der Waals surface area contributed by atoms with Crippen molar-refractivity contribution < 1.29 is 14.5 Å². The molecule has 2 rings (SSSR count). The molecular formula is C13H17N3O4. The van der Waals surface area contributed by atoms with Crippen LogP contribution in [-0.4, -0.2) is 30.6 Å². The van der Waals surface area contributed by atoms with E-state index in [1.807, 2.05) is 0 Å². The molecule has 20 heavy (non-hydrogen) atoms. The highest BCUT2D eigenvalue weighted by molar-refractivity contribution is 6.00. The summed E-state index contributed by atoms with van der Waals surface area (Å²) in [7, 11) is 1.57. The van der Waals surface area contributed by atoms with E-state index >= 15 is 0 Å². The first-order valence-corrected chi connectivity index (χ1v) is 6.36. The van der Waals surface area contributed by atoms with Gasteiger partial charge in [0.2, 0.25) is 0 Å². The fraction of sp³-hybridized carbons (Fsp3) is 0.462. The maximum absolute atomic E-state index is 12.2. The highest BCUT2D eigenvalue weighted by atomic mass is 16.6. The minimum absolute atomic E-state index is 0.0776. The summed E-state index contributed by atoms with van der Waals surface area (Å²) in [5.74, 6) is 0.0129. The van der Waals surface area contributed by atoms with Crippen molar-refractivity contribution in [1.29, 1.82) is 0 Å². The van der Waals surface area contributed by atoms with Gasteiger partial charge in [-0.25, -0.2) is 0 Å². The lowest BCUT2D eigenvalue weighted by molar-refractivity contribution is -0.384. The molecule has 3 N–H and O–H groups in total. The van der Waals surface area contributed by atoms with Gasteiger partial charge in [0.1, 0.15) is 0 Å². The molecule has 108 valence electrons. The minimum atomic E-state index is -0.552. The second kappa shape index (κ2) is 5.87. The molecule has 1 amide bonds. The number of non-ortho nitro benzene ring substituents is 1. The number of nitro benzene ring substituents is 1. The highest BCUT2D eigenvalue weighted by Gasteiger charge is 2.32. The van der Waals surface area contributed by atoms with Crippen LogP contribution in [0.25, 0.3) is 0 Å². The number of hydrogen-bond donors (Lipinski definition) is 2. The first-order valence-electron chi connectivity index (χ1n) is 6.36. The normalized spacial score (nSPS) is 15.7. The summed E-state index contributed by atoms with van der Waals surface area (Å²) in [5.41, 5.74) is 5.91. The van der Waals surface area contributed by atoms with Gasteiger partial charge in [0.25, 0.3) is 11.6 Å². The number of ether oxygens (including phenoxy) is 1. The molecule has 1 saturated carbocycles. The van der Waals surface area contributed by atoms with E-state index in [-0.39, 0.29) is 23.0 Å². The van der Waals surface area contributed by atoms with E-state index in [1.54, 1.807) is 7.11 Å². The highest BCUT2D eigenvalue weighted by Crippen LogP contribution is 2.33. The first kappa shape index (κ1) is 14.3. The molecule has 1 fully saturated rings. The van der Waals surface area contributed by atoms with Gasteiger partial charge in [-0.2, -0.15) is 0 Å². The summed E-state index contributed by atoms with van der Waals surface area (Å²) in [6.07, 6.45) is 2.11. The van der Waals surface area contributed by atoms with Crippen molar-refractivity contribution in [3.8, 4) is 0 Å². The van der Waals surface area contributed by atoms with Gasteiger partial charge in [-0.15, -0.1) is 0 Å². The van der Waals surface area contributed by atoms with Gasteiger partial charge in [0.15, 0.2) is 0 Å². The zero-order valence-corrected chi connectivity index (χ0v) is 11.2. The van der Waals surface area contributed by atoms with Crippen LogP contribution in [0, 0.1) is 16.0 Å². The number of carbonyl (C=O) groups is 1.